The number of ketones is 1. The lowest BCUT2D eigenvalue weighted by atomic mass is 9.92. The van der Waals surface area contributed by atoms with Crippen LogP contribution in [0, 0.1) is 13.8 Å². The van der Waals surface area contributed by atoms with Crippen molar-refractivity contribution in [1.82, 2.24) is 24.7 Å². The molecule has 0 unspecified atom stereocenters. The number of aryl methyl sites for hydroxylation is 2. The minimum absolute atomic E-state index is 0.103. The average molecular weight is 568 g/mol. The maximum Gasteiger partial charge on any atom is 0.270 e. The summed E-state index contributed by atoms with van der Waals surface area (Å²) in [5.74, 6) is 1.20. The van der Waals surface area contributed by atoms with Crippen LogP contribution in [0.4, 0.5) is 0 Å². The first-order valence-electron chi connectivity index (χ1n) is 13.4. The Morgan fingerprint density at radius 3 is 2.49 bits per heavy atom. The highest BCUT2D eigenvalue weighted by Crippen LogP contribution is 2.32. The van der Waals surface area contributed by atoms with Crippen LogP contribution < -0.4 is 10.3 Å². The summed E-state index contributed by atoms with van der Waals surface area (Å²) in [6.45, 7) is 10.1. The van der Waals surface area contributed by atoms with E-state index in [1.807, 2.05) is 47.3 Å². The number of nitrogens with zero attached hydrogens (tertiary/aromatic N) is 4. The van der Waals surface area contributed by atoms with Crippen molar-refractivity contribution in [3.05, 3.63) is 99.4 Å². The van der Waals surface area contributed by atoms with Crippen molar-refractivity contribution in [2.24, 2.45) is 0 Å². The van der Waals surface area contributed by atoms with Crippen LogP contribution in [-0.4, -0.2) is 36.8 Å². The van der Waals surface area contributed by atoms with Gasteiger partial charge in [-0.1, -0.05) is 44.5 Å². The summed E-state index contributed by atoms with van der Waals surface area (Å²) in [6.07, 6.45) is 4.11. The summed E-state index contributed by atoms with van der Waals surface area (Å²) in [7, 11) is 0. The van der Waals surface area contributed by atoms with Gasteiger partial charge in [-0.25, -0.2) is 14.6 Å². The Hall–Kier alpha value is -4.24. The zero-order valence-electron chi connectivity index (χ0n) is 24.1. The van der Waals surface area contributed by atoms with Crippen molar-refractivity contribution in [2.75, 3.05) is 6.26 Å². The van der Waals surface area contributed by atoms with Crippen LogP contribution in [0.25, 0.3) is 16.9 Å². The van der Waals surface area contributed by atoms with Gasteiger partial charge in [-0.3, -0.25) is 9.59 Å². The number of nitrogens with one attached hydrogen (secondary N) is 1. The quantitative estimate of drug-likeness (QED) is 0.220. The third-order valence-corrected chi connectivity index (χ3v) is 7.63. The first kappa shape index (κ1) is 28.3. The molecule has 1 N–H and O–H groups in total. The topological polar surface area (TPSA) is 103 Å². The Balaban J connectivity index is 1.38. The van der Waals surface area contributed by atoms with Crippen molar-refractivity contribution < 1.29 is 9.53 Å². The van der Waals surface area contributed by atoms with Gasteiger partial charge in [0.25, 0.3) is 5.56 Å². The number of benzene rings is 2. The Kier molecular flexibility index (Phi) is 7.82. The maximum absolute atomic E-state index is 13.4. The van der Waals surface area contributed by atoms with Crippen LogP contribution in [0.2, 0.25) is 0 Å². The lowest BCUT2D eigenvalue weighted by Crippen LogP contribution is -2.13. The molecule has 0 atom stereocenters. The number of hydrogen-bond acceptors (Lipinski definition) is 7. The van der Waals surface area contributed by atoms with E-state index in [2.05, 4.69) is 54.8 Å². The minimum atomic E-state index is -0.280. The standard InChI is InChI=1S/C32H33N5O3S/c1-19-7-10-22(11-8-19)37-23(17-28(36-37)32(3,4)5)16-24(38)15-21-9-12-25(18-27(21)41-6)40-26-13-14-33-30-29(26)34-20(2)31(39)35-30/h7-14,17-18H,15-16H2,1-6H3,(H,33,35,39). The van der Waals surface area contributed by atoms with E-state index in [4.69, 9.17) is 9.84 Å². The van der Waals surface area contributed by atoms with Crippen LogP contribution in [0.5, 0.6) is 11.5 Å². The van der Waals surface area contributed by atoms with E-state index in [1.54, 1.807) is 30.9 Å². The predicted molar refractivity (Wildman–Crippen MR) is 163 cm³/mol. The smallest absolute Gasteiger partial charge is 0.270 e. The number of Topliss-reactive ketones (excluding diaryl/α,β-unsaturated/α-hetero) is 1. The summed E-state index contributed by atoms with van der Waals surface area (Å²) in [6, 6.07) is 17.6. The predicted octanol–water partition coefficient (Wildman–Crippen LogP) is 6.29. The molecule has 0 bridgehead atoms. The van der Waals surface area contributed by atoms with Gasteiger partial charge >= 0.3 is 0 Å². The number of fused-ring (bicyclic) bond motifs is 1. The molecule has 8 nitrogen and oxygen atoms in total. The highest BCUT2D eigenvalue weighted by molar-refractivity contribution is 7.98. The van der Waals surface area contributed by atoms with Crippen molar-refractivity contribution >= 4 is 28.7 Å². The number of aromatic nitrogens is 5. The minimum Gasteiger partial charge on any atom is -0.455 e. The molecule has 5 rings (SSSR count). The van der Waals surface area contributed by atoms with Crippen LogP contribution in [0.1, 0.15) is 49.0 Å². The summed E-state index contributed by atoms with van der Waals surface area (Å²) in [5, 5.41) is 4.87. The van der Waals surface area contributed by atoms with Gasteiger partial charge in [0.2, 0.25) is 0 Å². The number of hydrogen-bond donors (Lipinski definition) is 1. The van der Waals surface area contributed by atoms with E-state index in [0.29, 0.717) is 34.8 Å². The van der Waals surface area contributed by atoms with E-state index in [-0.39, 0.29) is 23.2 Å². The molecule has 2 aromatic carbocycles. The van der Waals surface area contributed by atoms with Gasteiger partial charge in [0.05, 0.1) is 17.1 Å². The molecule has 0 aliphatic heterocycles. The van der Waals surface area contributed by atoms with Gasteiger partial charge in [-0.2, -0.15) is 5.10 Å². The maximum atomic E-state index is 13.4. The molecule has 41 heavy (non-hydrogen) atoms. The largest absolute Gasteiger partial charge is 0.455 e. The number of aromatic amines is 1. The van der Waals surface area contributed by atoms with Gasteiger partial charge in [0.1, 0.15) is 22.7 Å². The van der Waals surface area contributed by atoms with E-state index in [9.17, 15) is 9.59 Å². The molecule has 9 heteroatoms. The molecule has 0 amide bonds. The van der Waals surface area contributed by atoms with Gasteiger partial charge in [0.15, 0.2) is 11.4 Å². The zero-order chi connectivity index (χ0) is 29.3. The fourth-order valence-electron chi connectivity index (χ4n) is 4.49. The molecule has 210 valence electrons. The molecule has 5 aromatic rings. The van der Waals surface area contributed by atoms with Crippen LogP contribution in [0.3, 0.4) is 0 Å². The molecular weight excluding hydrogens is 534 g/mol. The monoisotopic (exact) mass is 567 g/mol. The number of ether oxygens (including phenoxy) is 1. The second-order valence-electron chi connectivity index (χ2n) is 11.1. The van der Waals surface area contributed by atoms with Gasteiger partial charge in [-0.05, 0) is 56.0 Å². The first-order chi connectivity index (χ1) is 19.5. The lowest BCUT2D eigenvalue weighted by molar-refractivity contribution is -0.117. The highest BCUT2D eigenvalue weighted by Gasteiger charge is 2.22. The Morgan fingerprint density at radius 1 is 1.02 bits per heavy atom. The van der Waals surface area contributed by atoms with Crippen LogP contribution in [0.15, 0.2) is 70.5 Å². The van der Waals surface area contributed by atoms with Crippen LogP contribution >= 0.6 is 11.8 Å². The van der Waals surface area contributed by atoms with Gasteiger partial charge < -0.3 is 9.72 Å². The number of H-pyrrole nitrogens is 1. The molecule has 0 saturated carbocycles. The summed E-state index contributed by atoms with van der Waals surface area (Å²) in [4.78, 5) is 37.6. The lowest BCUT2D eigenvalue weighted by Gasteiger charge is -2.14. The normalized spacial score (nSPS) is 11.7. The zero-order valence-corrected chi connectivity index (χ0v) is 24.9. The third-order valence-electron chi connectivity index (χ3n) is 6.81. The van der Waals surface area contributed by atoms with Gasteiger partial charge in [-0.15, -0.1) is 11.8 Å². The number of pyridine rings is 1. The summed E-state index contributed by atoms with van der Waals surface area (Å²) >= 11 is 1.56. The van der Waals surface area contributed by atoms with Crippen molar-refractivity contribution in [1.29, 1.82) is 0 Å². The number of thioether (sulfide) groups is 1. The van der Waals surface area contributed by atoms with E-state index < -0.39 is 0 Å². The molecule has 0 spiro atoms. The Labute approximate surface area is 243 Å². The van der Waals surface area contributed by atoms with E-state index >= 15 is 0 Å². The highest BCUT2D eigenvalue weighted by atomic mass is 32.2. The molecule has 0 radical (unpaired) electrons. The fourth-order valence-corrected chi connectivity index (χ4v) is 5.13. The molecule has 3 aromatic heterocycles. The van der Waals surface area contributed by atoms with Crippen molar-refractivity contribution in [3.63, 3.8) is 0 Å². The molecule has 0 aliphatic rings. The second kappa shape index (κ2) is 11.3. The fraction of sp³-hybridized carbons (Fsp3) is 0.281. The molecular formula is C32H33N5O3S. The molecule has 3 heterocycles. The Bertz CT molecular complexity index is 1800. The average Bonchev–Trinajstić information content (AvgIpc) is 3.35. The molecule has 0 saturated heterocycles. The van der Waals surface area contributed by atoms with Crippen molar-refractivity contribution in [3.8, 4) is 17.2 Å². The third kappa shape index (κ3) is 6.25. The van der Waals surface area contributed by atoms with Gasteiger partial charge in [0, 0.05) is 35.4 Å². The van der Waals surface area contributed by atoms with E-state index in [1.165, 1.54) is 5.56 Å². The second-order valence-corrected chi connectivity index (χ2v) is 12.0. The van der Waals surface area contributed by atoms with E-state index in [0.717, 1.165) is 27.5 Å². The molecule has 0 aliphatic carbocycles. The number of carbonyl (C=O) groups is 1. The first-order valence-corrected chi connectivity index (χ1v) is 14.6. The SMILES string of the molecule is CSc1cc(Oc2ccnc3[nH]c(=O)c(C)nc23)ccc1CC(=O)Cc1cc(C(C)(C)C)nn1-c1ccc(C)cc1. The number of carbonyl (C=O) groups excluding carboxylic acids is 1. The van der Waals surface area contributed by atoms with Crippen molar-refractivity contribution in [2.45, 2.75) is 57.8 Å². The van der Waals surface area contributed by atoms with Crippen LogP contribution in [-0.2, 0) is 23.1 Å². The molecule has 0 fully saturated rings. The summed E-state index contributed by atoms with van der Waals surface area (Å²) < 4.78 is 8.05. The Morgan fingerprint density at radius 2 is 1.78 bits per heavy atom. The summed E-state index contributed by atoms with van der Waals surface area (Å²) in [5.41, 5.74) is 5.64. The number of rotatable bonds is 8.